The van der Waals surface area contributed by atoms with Crippen molar-refractivity contribution in [3.63, 3.8) is 0 Å². The minimum atomic E-state index is -4.67. The summed E-state index contributed by atoms with van der Waals surface area (Å²) in [6.07, 6.45) is -3.28. The van der Waals surface area contributed by atoms with Crippen LogP contribution in [0.1, 0.15) is 27.0 Å². The number of ketones is 1. The van der Waals surface area contributed by atoms with E-state index in [2.05, 4.69) is 0 Å². The Morgan fingerprint density at radius 2 is 1.75 bits per heavy atom. The molecule has 0 radical (unpaired) electrons. The highest BCUT2D eigenvalue weighted by Gasteiger charge is 2.32. The van der Waals surface area contributed by atoms with Crippen LogP contribution in [0.15, 0.2) is 59.5 Å². The number of fused-ring (bicyclic) bond motifs is 3. The highest BCUT2D eigenvalue weighted by atomic mass is 35.5. The van der Waals surface area contributed by atoms with Gasteiger partial charge in [-0.25, -0.2) is 0 Å². The van der Waals surface area contributed by atoms with Gasteiger partial charge in [0, 0.05) is 11.8 Å². The Bertz CT molecular complexity index is 1170. The van der Waals surface area contributed by atoms with E-state index in [0.717, 1.165) is 28.7 Å². The zero-order valence-electron chi connectivity index (χ0n) is 14.4. The summed E-state index contributed by atoms with van der Waals surface area (Å²) in [6.45, 7) is -0.525. The first-order chi connectivity index (χ1) is 13.2. The third-order valence-corrected chi connectivity index (χ3v) is 5.07. The average Bonchev–Trinajstić information content (AvgIpc) is 3.02. The second-order valence-corrected chi connectivity index (χ2v) is 7.04. The molecule has 1 aromatic heterocycles. The van der Waals surface area contributed by atoms with Crippen molar-refractivity contribution in [3.8, 4) is 11.1 Å². The van der Waals surface area contributed by atoms with Crippen molar-refractivity contribution in [2.45, 2.75) is 19.1 Å². The van der Waals surface area contributed by atoms with Gasteiger partial charge in [0.05, 0.1) is 12.1 Å². The van der Waals surface area contributed by atoms with Crippen LogP contribution in [-0.2, 0) is 19.1 Å². The van der Waals surface area contributed by atoms with Crippen molar-refractivity contribution < 1.29 is 18.0 Å². The third kappa shape index (κ3) is 3.24. The number of hydrogen-bond donors (Lipinski definition) is 0. The number of carbonyl (C=O) groups is 1. The maximum absolute atomic E-state index is 13.0. The number of alkyl halides is 3. The van der Waals surface area contributed by atoms with Gasteiger partial charge in [-0.1, -0.05) is 48.0 Å². The number of aromatic nitrogens is 1. The molecule has 0 unspecified atom stereocenters. The predicted molar refractivity (Wildman–Crippen MR) is 99.7 cm³/mol. The molecule has 7 heteroatoms. The molecule has 1 heterocycles. The summed E-state index contributed by atoms with van der Waals surface area (Å²) >= 11 is 5.64. The Labute approximate surface area is 163 Å². The van der Waals surface area contributed by atoms with Gasteiger partial charge in [-0.05, 0) is 40.8 Å². The summed E-state index contributed by atoms with van der Waals surface area (Å²) in [5.74, 6) is -0.468. The van der Waals surface area contributed by atoms with E-state index in [4.69, 9.17) is 11.6 Å². The molecule has 0 saturated heterocycles. The highest BCUT2D eigenvalue weighted by molar-refractivity contribution is 6.30. The Morgan fingerprint density at radius 3 is 2.50 bits per heavy atom. The number of pyridine rings is 1. The summed E-state index contributed by atoms with van der Waals surface area (Å²) < 4.78 is 39.6. The third-order valence-electron chi connectivity index (χ3n) is 4.80. The van der Waals surface area contributed by atoms with E-state index in [1.54, 1.807) is 12.1 Å². The Kier molecular flexibility index (Phi) is 4.38. The highest BCUT2D eigenvalue weighted by Crippen LogP contribution is 2.37. The summed E-state index contributed by atoms with van der Waals surface area (Å²) in [5, 5.41) is -0.578. The molecule has 1 aliphatic carbocycles. The average molecular weight is 404 g/mol. The molecule has 1 aliphatic rings. The molecule has 0 atom stereocenters. The van der Waals surface area contributed by atoms with E-state index in [9.17, 15) is 22.8 Å². The van der Waals surface area contributed by atoms with E-state index in [-0.39, 0.29) is 0 Å². The number of nitrogens with zero attached hydrogens (tertiary/aromatic N) is 1. The zero-order chi connectivity index (χ0) is 20.1. The van der Waals surface area contributed by atoms with Gasteiger partial charge in [0.25, 0.3) is 5.56 Å². The van der Waals surface area contributed by atoms with Gasteiger partial charge >= 0.3 is 6.18 Å². The molecule has 3 aromatic rings. The van der Waals surface area contributed by atoms with Crippen molar-refractivity contribution in [3.05, 3.63) is 92.4 Å². The molecular formula is C21H13ClF3NO2. The number of hydrogen-bond acceptors (Lipinski definition) is 2. The monoisotopic (exact) mass is 403 g/mol. The maximum atomic E-state index is 13.0. The summed E-state index contributed by atoms with van der Waals surface area (Å²) in [5.41, 5.74) is 2.61. The van der Waals surface area contributed by atoms with E-state index in [0.29, 0.717) is 22.4 Å². The molecule has 0 saturated carbocycles. The molecule has 0 N–H and O–H groups in total. The summed E-state index contributed by atoms with van der Waals surface area (Å²) in [7, 11) is 0. The van der Waals surface area contributed by atoms with E-state index >= 15 is 0 Å². The normalized spacial score (nSPS) is 12.6. The number of halogens is 4. The topological polar surface area (TPSA) is 39.1 Å². The number of carbonyl (C=O) groups excluding carboxylic acids is 1. The maximum Gasteiger partial charge on any atom is 0.417 e. The summed E-state index contributed by atoms with van der Waals surface area (Å²) in [6, 6.07) is 13.6. The molecule has 0 fully saturated rings. The zero-order valence-corrected chi connectivity index (χ0v) is 15.1. The Balaban J connectivity index is 1.68. The smallest absolute Gasteiger partial charge is 0.306 e. The van der Waals surface area contributed by atoms with Crippen molar-refractivity contribution >= 4 is 17.4 Å². The molecule has 2 aromatic carbocycles. The van der Waals surface area contributed by atoms with Crippen LogP contribution in [0.4, 0.5) is 13.2 Å². The van der Waals surface area contributed by atoms with Crippen LogP contribution < -0.4 is 5.56 Å². The van der Waals surface area contributed by atoms with Gasteiger partial charge in [-0.3, -0.25) is 9.59 Å². The van der Waals surface area contributed by atoms with Gasteiger partial charge in [0.2, 0.25) is 0 Å². The second-order valence-electron chi connectivity index (χ2n) is 6.64. The van der Waals surface area contributed by atoms with Crippen LogP contribution in [0.5, 0.6) is 0 Å². The minimum absolute atomic E-state index is 0.330. The van der Waals surface area contributed by atoms with Crippen LogP contribution in [0.2, 0.25) is 5.02 Å². The van der Waals surface area contributed by atoms with E-state index in [1.807, 2.05) is 30.3 Å². The molecule has 0 bridgehead atoms. The molecule has 3 nitrogen and oxygen atoms in total. The molecule has 0 aliphatic heterocycles. The van der Waals surface area contributed by atoms with Gasteiger partial charge in [0.15, 0.2) is 5.78 Å². The van der Waals surface area contributed by atoms with Gasteiger partial charge < -0.3 is 4.57 Å². The van der Waals surface area contributed by atoms with Gasteiger partial charge in [0.1, 0.15) is 5.02 Å². The number of Topliss-reactive ketones (excluding diaryl/α,β-unsaturated/α-hetero) is 1. The second kappa shape index (κ2) is 6.63. The first-order valence-corrected chi connectivity index (χ1v) is 8.83. The van der Waals surface area contributed by atoms with Crippen molar-refractivity contribution in [1.82, 2.24) is 4.57 Å². The molecule has 0 spiro atoms. The Hall–Kier alpha value is -2.86. The lowest BCUT2D eigenvalue weighted by Gasteiger charge is -2.12. The SMILES string of the molecule is O=C(Cn1cc(C(F)(F)F)cc(Cl)c1=O)c1ccc2c(c1)-c1ccccc1C2. The lowest BCUT2D eigenvalue weighted by atomic mass is 10.0. The summed E-state index contributed by atoms with van der Waals surface area (Å²) in [4.78, 5) is 24.7. The van der Waals surface area contributed by atoms with Crippen molar-refractivity contribution in [2.24, 2.45) is 0 Å². The fourth-order valence-corrected chi connectivity index (χ4v) is 3.64. The Morgan fingerprint density at radius 1 is 1.04 bits per heavy atom. The number of benzene rings is 2. The lowest BCUT2D eigenvalue weighted by molar-refractivity contribution is -0.138. The van der Waals surface area contributed by atoms with Crippen LogP contribution in [-0.4, -0.2) is 10.4 Å². The van der Waals surface area contributed by atoms with Crippen LogP contribution >= 0.6 is 11.6 Å². The largest absolute Gasteiger partial charge is 0.417 e. The van der Waals surface area contributed by atoms with Crippen molar-refractivity contribution in [1.29, 1.82) is 0 Å². The molecular weight excluding hydrogens is 391 g/mol. The standard InChI is InChI=1S/C21H13ClF3NO2/c22-18-9-15(21(23,24)25)10-26(20(18)28)11-19(27)14-6-5-13-7-12-3-1-2-4-16(12)17(13)8-14/h1-6,8-10H,7,11H2. The van der Waals surface area contributed by atoms with E-state index < -0.39 is 34.6 Å². The quantitative estimate of drug-likeness (QED) is 0.453. The van der Waals surface area contributed by atoms with Crippen LogP contribution in [0.3, 0.4) is 0 Å². The van der Waals surface area contributed by atoms with Crippen molar-refractivity contribution in [2.75, 3.05) is 0 Å². The van der Waals surface area contributed by atoms with Crippen LogP contribution in [0.25, 0.3) is 11.1 Å². The van der Waals surface area contributed by atoms with Crippen LogP contribution in [0, 0.1) is 0 Å². The first kappa shape index (κ1) is 18.5. The first-order valence-electron chi connectivity index (χ1n) is 8.45. The fraction of sp³-hybridized carbons (Fsp3) is 0.143. The molecule has 142 valence electrons. The predicted octanol–water partition coefficient (Wildman–Crippen LogP) is 4.97. The number of rotatable bonds is 3. The molecule has 28 heavy (non-hydrogen) atoms. The van der Waals surface area contributed by atoms with E-state index in [1.165, 1.54) is 0 Å². The fourth-order valence-electron chi connectivity index (χ4n) is 3.41. The van der Waals surface area contributed by atoms with Gasteiger partial charge in [-0.2, -0.15) is 13.2 Å². The minimum Gasteiger partial charge on any atom is -0.306 e. The van der Waals surface area contributed by atoms with Gasteiger partial charge in [-0.15, -0.1) is 0 Å². The molecule has 4 rings (SSSR count). The molecule has 0 amide bonds. The lowest BCUT2D eigenvalue weighted by Crippen LogP contribution is -2.26.